The molecule has 128 valence electrons. The van der Waals surface area contributed by atoms with Crippen molar-refractivity contribution in [1.29, 1.82) is 0 Å². The lowest BCUT2D eigenvalue weighted by Gasteiger charge is -2.07. The zero-order valence-corrected chi connectivity index (χ0v) is 13.5. The van der Waals surface area contributed by atoms with Gasteiger partial charge in [0, 0.05) is 6.21 Å². The summed E-state index contributed by atoms with van der Waals surface area (Å²) < 4.78 is 5.15. The number of carboxylic acid groups (broad SMARTS) is 1. The van der Waals surface area contributed by atoms with E-state index in [-0.39, 0.29) is 19.7 Å². The fourth-order valence-corrected chi connectivity index (χ4v) is 1.97. The summed E-state index contributed by atoms with van der Waals surface area (Å²) in [5.74, 6) is -1.56. The number of hydrogen-bond acceptors (Lipinski definition) is 5. The van der Waals surface area contributed by atoms with Crippen molar-refractivity contribution in [2.45, 2.75) is 0 Å². The molecule has 0 aromatic heterocycles. The Labute approximate surface area is 145 Å². The number of hydrogen-bond donors (Lipinski definition) is 1. The molecule has 0 aliphatic heterocycles. The number of rotatable bonds is 8. The maximum absolute atomic E-state index is 11.8. The van der Waals surface area contributed by atoms with Gasteiger partial charge in [-0.15, -0.1) is 0 Å². The first-order chi connectivity index (χ1) is 12.1. The molecule has 0 saturated carbocycles. The molecule has 0 amide bonds. The van der Waals surface area contributed by atoms with E-state index in [1.165, 1.54) is 0 Å². The molecule has 2 aromatic carbocycles. The van der Waals surface area contributed by atoms with Crippen LogP contribution in [0.3, 0.4) is 0 Å². The third-order valence-electron chi connectivity index (χ3n) is 3.14. The molecule has 0 spiro atoms. The van der Waals surface area contributed by atoms with Gasteiger partial charge in [-0.1, -0.05) is 60.7 Å². The molecule has 25 heavy (non-hydrogen) atoms. The molecule has 0 unspecified atom stereocenters. The van der Waals surface area contributed by atoms with E-state index in [2.05, 4.69) is 9.98 Å². The Bertz CT molecular complexity index is 756. The van der Waals surface area contributed by atoms with Crippen LogP contribution < -0.4 is 0 Å². The molecule has 0 aliphatic carbocycles. The van der Waals surface area contributed by atoms with Gasteiger partial charge >= 0.3 is 11.9 Å². The lowest BCUT2D eigenvalue weighted by atomic mass is 10.1. The minimum Gasteiger partial charge on any atom is -0.480 e. The Hall–Kier alpha value is -3.28. The van der Waals surface area contributed by atoms with Gasteiger partial charge < -0.3 is 9.84 Å². The second kappa shape index (κ2) is 9.77. The van der Waals surface area contributed by atoms with Gasteiger partial charge in [-0.2, -0.15) is 0 Å². The molecule has 0 heterocycles. The molecule has 0 atom stereocenters. The number of carbonyl (C=O) groups excluding carboxylic acids is 1. The molecule has 2 aromatic rings. The third kappa shape index (κ3) is 6.78. The van der Waals surface area contributed by atoms with Crippen LogP contribution in [0.4, 0.5) is 0 Å². The first-order valence-electron chi connectivity index (χ1n) is 7.66. The third-order valence-corrected chi connectivity index (χ3v) is 3.14. The number of nitrogens with zero attached hydrogens (tertiary/aromatic N) is 2. The largest absolute Gasteiger partial charge is 0.480 e. The summed E-state index contributed by atoms with van der Waals surface area (Å²) in [4.78, 5) is 30.5. The Morgan fingerprint density at radius 1 is 0.960 bits per heavy atom. The normalized spacial score (nSPS) is 11.4. The first kappa shape index (κ1) is 18.1. The van der Waals surface area contributed by atoms with Crippen molar-refractivity contribution >= 4 is 23.9 Å². The number of ether oxygens (including phenoxy) is 1. The summed E-state index contributed by atoms with van der Waals surface area (Å²) in [5, 5.41) is 8.78. The number of carbonyl (C=O) groups is 2. The molecular formula is C19H18N2O4. The highest BCUT2D eigenvalue weighted by Gasteiger charge is 2.08. The Kier molecular flexibility index (Phi) is 7.06. The predicted molar refractivity (Wildman–Crippen MR) is 95.3 cm³/mol. The average molecular weight is 338 g/mol. The molecule has 1 N–H and O–H groups in total. The van der Waals surface area contributed by atoms with E-state index in [0.29, 0.717) is 11.3 Å². The molecule has 0 bridgehead atoms. The molecular weight excluding hydrogens is 320 g/mol. The van der Waals surface area contributed by atoms with Gasteiger partial charge in [-0.25, -0.2) is 0 Å². The fraction of sp³-hybridized carbons (Fsp3) is 0.158. The van der Waals surface area contributed by atoms with Crippen LogP contribution in [0.1, 0.15) is 11.1 Å². The van der Waals surface area contributed by atoms with Crippen LogP contribution in [-0.2, 0) is 14.3 Å². The number of benzene rings is 2. The maximum atomic E-state index is 11.8. The van der Waals surface area contributed by atoms with E-state index in [9.17, 15) is 9.59 Å². The minimum atomic E-state index is -1.05. The van der Waals surface area contributed by atoms with E-state index in [1.54, 1.807) is 30.5 Å². The van der Waals surface area contributed by atoms with Crippen molar-refractivity contribution in [3.8, 4) is 0 Å². The quantitative estimate of drug-likeness (QED) is 0.590. The summed E-state index contributed by atoms with van der Waals surface area (Å²) in [7, 11) is 0. The maximum Gasteiger partial charge on any atom is 0.328 e. The molecule has 0 saturated heterocycles. The van der Waals surface area contributed by atoms with Crippen molar-refractivity contribution in [1.82, 2.24) is 0 Å². The number of aliphatic imine (C=N–C) groups is 2. The van der Waals surface area contributed by atoms with Crippen LogP contribution in [0, 0.1) is 0 Å². The summed E-state index contributed by atoms with van der Waals surface area (Å²) in [5.41, 5.74) is 2.01. The van der Waals surface area contributed by atoms with E-state index in [1.807, 2.05) is 36.4 Å². The highest BCUT2D eigenvalue weighted by molar-refractivity contribution is 6.03. The monoisotopic (exact) mass is 338 g/mol. The highest BCUT2D eigenvalue weighted by atomic mass is 16.5. The van der Waals surface area contributed by atoms with Crippen LogP contribution in [0.25, 0.3) is 0 Å². The summed E-state index contributed by atoms with van der Waals surface area (Å²) in [6, 6.07) is 18.4. The van der Waals surface area contributed by atoms with Crippen LogP contribution >= 0.6 is 0 Å². The molecule has 0 aliphatic rings. The summed E-state index contributed by atoms with van der Waals surface area (Å²) >= 11 is 0. The Morgan fingerprint density at radius 3 is 2.24 bits per heavy atom. The SMILES string of the molecule is O=C(O)C/N=C(/COC(=O)C/N=C\c1ccccc1)c1ccccc1. The standard InChI is InChI=1S/C19H18N2O4/c22-18(23)12-21-17(16-9-5-2-6-10-16)14-25-19(24)13-20-11-15-7-3-1-4-8-15/h1-11H,12-14H2,(H,22,23)/b20-11-,21-17-. The predicted octanol–water partition coefficient (Wildman–Crippen LogP) is 2.22. The van der Waals surface area contributed by atoms with Gasteiger partial charge in [0.05, 0.1) is 5.71 Å². The second-order valence-corrected chi connectivity index (χ2v) is 5.06. The van der Waals surface area contributed by atoms with E-state index in [4.69, 9.17) is 9.84 Å². The van der Waals surface area contributed by atoms with Crippen molar-refractivity contribution in [3.05, 3.63) is 71.8 Å². The van der Waals surface area contributed by atoms with Gasteiger partial charge in [0.15, 0.2) is 0 Å². The molecule has 0 fully saturated rings. The van der Waals surface area contributed by atoms with E-state index in [0.717, 1.165) is 5.56 Å². The average Bonchev–Trinajstić information content (AvgIpc) is 2.63. The van der Waals surface area contributed by atoms with E-state index < -0.39 is 11.9 Å². The Balaban J connectivity index is 1.91. The molecule has 2 rings (SSSR count). The number of esters is 1. The lowest BCUT2D eigenvalue weighted by Crippen LogP contribution is -2.18. The fourth-order valence-electron chi connectivity index (χ4n) is 1.97. The Morgan fingerprint density at radius 2 is 1.60 bits per heavy atom. The summed E-state index contributed by atoms with van der Waals surface area (Å²) in [6.07, 6.45) is 1.60. The van der Waals surface area contributed by atoms with Crippen LogP contribution in [0.15, 0.2) is 70.6 Å². The van der Waals surface area contributed by atoms with Gasteiger partial charge in [0.2, 0.25) is 0 Å². The number of aliphatic carboxylic acids is 1. The zero-order chi connectivity index (χ0) is 17.9. The van der Waals surface area contributed by atoms with Crippen LogP contribution in [0.2, 0.25) is 0 Å². The van der Waals surface area contributed by atoms with Gasteiger partial charge in [0.25, 0.3) is 0 Å². The van der Waals surface area contributed by atoms with Gasteiger partial charge in [-0.3, -0.25) is 19.6 Å². The van der Waals surface area contributed by atoms with E-state index >= 15 is 0 Å². The molecule has 6 nitrogen and oxygen atoms in total. The lowest BCUT2D eigenvalue weighted by molar-refractivity contribution is -0.140. The highest BCUT2D eigenvalue weighted by Crippen LogP contribution is 2.03. The second-order valence-electron chi connectivity index (χ2n) is 5.06. The van der Waals surface area contributed by atoms with Gasteiger partial charge in [0.1, 0.15) is 19.7 Å². The van der Waals surface area contributed by atoms with Crippen LogP contribution in [-0.4, -0.2) is 48.7 Å². The van der Waals surface area contributed by atoms with Crippen LogP contribution in [0.5, 0.6) is 0 Å². The summed E-state index contributed by atoms with van der Waals surface area (Å²) in [6.45, 7) is -0.596. The molecule has 6 heteroatoms. The minimum absolute atomic E-state index is 0.100. The van der Waals surface area contributed by atoms with Crippen molar-refractivity contribution in [2.75, 3.05) is 19.7 Å². The molecule has 0 radical (unpaired) electrons. The van der Waals surface area contributed by atoms with Gasteiger partial charge in [-0.05, 0) is 11.1 Å². The van der Waals surface area contributed by atoms with Crippen molar-refractivity contribution < 1.29 is 19.4 Å². The van der Waals surface area contributed by atoms with Crippen molar-refractivity contribution in [2.24, 2.45) is 9.98 Å². The zero-order valence-electron chi connectivity index (χ0n) is 13.5. The number of carboxylic acids is 1. The smallest absolute Gasteiger partial charge is 0.328 e. The van der Waals surface area contributed by atoms with Crippen molar-refractivity contribution in [3.63, 3.8) is 0 Å². The topological polar surface area (TPSA) is 88.3 Å². The first-order valence-corrected chi connectivity index (χ1v) is 7.66.